The van der Waals surface area contributed by atoms with Gasteiger partial charge >= 0.3 is 6.85 Å². The number of nitrogens with zero attached hydrogens (tertiary/aromatic N) is 2. The first-order valence-electron chi connectivity index (χ1n) is 21.4. The molecule has 2 aromatic heterocycles. The van der Waals surface area contributed by atoms with Gasteiger partial charge in [0, 0.05) is 55.5 Å². The van der Waals surface area contributed by atoms with Crippen LogP contribution in [0.5, 0.6) is 0 Å². The van der Waals surface area contributed by atoms with Crippen LogP contribution in [0.3, 0.4) is 0 Å². The Labute approximate surface area is 357 Å². The van der Waals surface area contributed by atoms with Crippen LogP contribution in [0.1, 0.15) is 5.56 Å². The highest BCUT2D eigenvalue weighted by molar-refractivity contribution is 6.90. The molecule has 2 aliphatic rings. The molecule has 14 rings (SSSR count). The molecule has 4 nitrogen and oxygen atoms in total. The Morgan fingerprint density at radius 1 is 0.516 bits per heavy atom. The second-order valence-corrected chi connectivity index (χ2v) is 17.1. The number of aromatic nitrogens is 1. The largest absolute Gasteiger partial charge is 0.455 e. The lowest BCUT2D eigenvalue weighted by Crippen LogP contribution is -2.57. The summed E-state index contributed by atoms with van der Waals surface area (Å²) < 4.78 is 9.46. The number of furan rings is 1. The fraction of sp³-hybridized carbons (Fsp3) is 0.0175. The second-order valence-electron chi connectivity index (χ2n) is 17.1. The number of anilines is 4. The number of nitrogen functional groups attached to an aromatic ring is 1. The molecule has 0 bridgehead atoms. The van der Waals surface area contributed by atoms with E-state index in [0.717, 1.165) is 61.1 Å². The highest BCUT2D eigenvalue weighted by Crippen LogP contribution is 2.51. The molecule has 288 valence electrons. The average molecular weight is 790 g/mol. The SMILES string of the molecule is Cc1c2c(cc3cc4ccccc4cc13)B1c3c(cc(N)cc3N2c2cc(-c3ccccc3)cc(-c3ccccc3)c2)-c2cc3c4ccccc4oc3c3c4ccccc4n1c23. The summed E-state index contributed by atoms with van der Waals surface area (Å²) in [7, 11) is 0. The summed E-state index contributed by atoms with van der Waals surface area (Å²) in [6.45, 7) is 2.17. The molecule has 0 radical (unpaired) electrons. The first-order chi connectivity index (χ1) is 30.6. The molecular weight excluding hydrogens is 753 g/mol. The van der Waals surface area contributed by atoms with Crippen LogP contribution < -0.4 is 21.6 Å². The van der Waals surface area contributed by atoms with Crippen LogP contribution in [-0.2, 0) is 0 Å². The van der Waals surface area contributed by atoms with Crippen molar-refractivity contribution in [2.24, 2.45) is 0 Å². The molecule has 10 aromatic carbocycles. The molecule has 0 unspecified atom stereocenters. The Bertz CT molecular complexity index is 3840. The monoisotopic (exact) mass is 789 g/mol. The lowest BCUT2D eigenvalue weighted by molar-refractivity contribution is 0.673. The molecule has 2 N–H and O–H groups in total. The van der Waals surface area contributed by atoms with Gasteiger partial charge in [0.25, 0.3) is 0 Å². The van der Waals surface area contributed by atoms with E-state index in [9.17, 15) is 0 Å². The summed E-state index contributed by atoms with van der Waals surface area (Å²) in [4.78, 5) is 2.53. The van der Waals surface area contributed by atoms with Crippen LogP contribution in [0, 0.1) is 6.92 Å². The minimum absolute atomic E-state index is 0.149. The molecule has 0 saturated carbocycles. The van der Waals surface area contributed by atoms with Crippen molar-refractivity contribution in [3.63, 3.8) is 0 Å². The fourth-order valence-electron chi connectivity index (χ4n) is 11.1. The van der Waals surface area contributed by atoms with Crippen molar-refractivity contribution < 1.29 is 4.42 Å². The molecule has 12 aromatic rings. The van der Waals surface area contributed by atoms with Crippen LogP contribution in [0.4, 0.5) is 22.7 Å². The first kappa shape index (κ1) is 33.8. The predicted molar refractivity (Wildman–Crippen MR) is 262 cm³/mol. The summed E-state index contributed by atoms with van der Waals surface area (Å²) in [5.74, 6) is 0. The van der Waals surface area contributed by atoms with Gasteiger partial charge in [0.1, 0.15) is 11.2 Å². The fourth-order valence-corrected chi connectivity index (χ4v) is 11.1. The zero-order valence-corrected chi connectivity index (χ0v) is 33.9. The van der Waals surface area contributed by atoms with Crippen molar-refractivity contribution in [3.05, 3.63) is 194 Å². The molecule has 0 atom stereocenters. The Kier molecular flexibility index (Phi) is 6.69. The quantitative estimate of drug-likeness (QED) is 0.110. The zero-order valence-electron chi connectivity index (χ0n) is 33.9. The van der Waals surface area contributed by atoms with E-state index in [2.05, 4.69) is 204 Å². The lowest BCUT2D eigenvalue weighted by Gasteiger charge is -2.42. The van der Waals surface area contributed by atoms with Crippen LogP contribution >= 0.6 is 0 Å². The van der Waals surface area contributed by atoms with Crippen molar-refractivity contribution in [2.75, 3.05) is 10.6 Å². The summed E-state index contributed by atoms with van der Waals surface area (Å²) in [6, 6.07) is 68.7. The smallest absolute Gasteiger partial charge is 0.333 e. The molecule has 5 heteroatoms. The maximum atomic E-state index is 7.17. The Hall–Kier alpha value is -8.02. The molecule has 4 heterocycles. The number of aryl methyl sites for hydroxylation is 1. The van der Waals surface area contributed by atoms with Gasteiger partial charge in [-0.15, -0.1) is 0 Å². The van der Waals surface area contributed by atoms with Gasteiger partial charge in [0.05, 0.1) is 5.39 Å². The van der Waals surface area contributed by atoms with Crippen molar-refractivity contribution in [3.8, 4) is 33.4 Å². The van der Waals surface area contributed by atoms with Gasteiger partial charge < -0.3 is 19.5 Å². The van der Waals surface area contributed by atoms with Gasteiger partial charge in [-0.3, -0.25) is 0 Å². The van der Waals surface area contributed by atoms with Gasteiger partial charge in [0.15, 0.2) is 0 Å². The molecule has 0 saturated heterocycles. The predicted octanol–water partition coefficient (Wildman–Crippen LogP) is 13.6. The van der Waals surface area contributed by atoms with E-state index in [1.54, 1.807) is 0 Å². The average Bonchev–Trinajstić information content (AvgIpc) is 3.87. The highest BCUT2D eigenvalue weighted by atomic mass is 16.3. The van der Waals surface area contributed by atoms with Crippen molar-refractivity contribution in [1.29, 1.82) is 0 Å². The van der Waals surface area contributed by atoms with Crippen LogP contribution in [0.15, 0.2) is 192 Å². The third-order valence-electron chi connectivity index (χ3n) is 13.7. The standard InChI is InChI=1S/C57H36BN3O/c1-33-45-28-37-19-9-8-18-36(37)24-40(45)29-49-55(33)60(42-26-38(34-14-4-2-5-15-34)25-39(27-42)35-16-6-3-7-17-35)51-31-41(59)30-46-47-32-48-43-20-11-13-23-52(43)62-57(48)53-44-21-10-12-22-50(44)61(56(47)53)58(49)54(46)51/h2-32H,59H2,1H3. The van der Waals surface area contributed by atoms with E-state index >= 15 is 0 Å². The van der Waals surface area contributed by atoms with Crippen LogP contribution in [0.2, 0.25) is 0 Å². The molecule has 0 aliphatic carbocycles. The number of rotatable bonds is 3. The third-order valence-corrected chi connectivity index (χ3v) is 13.7. The second kappa shape index (κ2) is 12.3. The molecule has 0 spiro atoms. The van der Waals surface area contributed by atoms with Gasteiger partial charge in [-0.1, -0.05) is 127 Å². The molecular formula is C57H36BN3O. The Morgan fingerprint density at radius 2 is 1.18 bits per heavy atom. The molecule has 0 amide bonds. The summed E-state index contributed by atoms with van der Waals surface area (Å²) >= 11 is 0. The number of hydrogen-bond donors (Lipinski definition) is 1. The maximum Gasteiger partial charge on any atom is 0.333 e. The number of para-hydroxylation sites is 2. The van der Waals surface area contributed by atoms with Crippen LogP contribution in [0.25, 0.3) is 98.7 Å². The summed E-state index contributed by atoms with van der Waals surface area (Å²) in [6.07, 6.45) is 0. The number of nitrogens with two attached hydrogens (primary N) is 1. The minimum Gasteiger partial charge on any atom is -0.455 e. The zero-order chi connectivity index (χ0) is 40.8. The summed E-state index contributed by atoms with van der Waals surface area (Å²) in [5, 5.41) is 9.50. The summed E-state index contributed by atoms with van der Waals surface area (Å²) in [5.41, 5.74) is 26.2. The molecule has 0 fully saturated rings. The Balaban J connectivity index is 1.17. The third kappa shape index (κ3) is 4.52. The Morgan fingerprint density at radius 3 is 1.94 bits per heavy atom. The maximum absolute atomic E-state index is 7.17. The number of benzene rings is 10. The molecule has 2 aliphatic heterocycles. The van der Waals surface area contributed by atoms with E-state index in [4.69, 9.17) is 10.2 Å². The normalized spacial score (nSPS) is 12.9. The van der Waals surface area contributed by atoms with E-state index in [1.807, 2.05) is 0 Å². The number of fused-ring (bicyclic) bond motifs is 13. The van der Waals surface area contributed by atoms with Crippen LogP contribution in [-0.4, -0.2) is 11.3 Å². The van der Waals surface area contributed by atoms with Gasteiger partial charge in [-0.2, -0.15) is 0 Å². The number of hydrogen-bond acceptors (Lipinski definition) is 3. The van der Waals surface area contributed by atoms with E-state index in [-0.39, 0.29) is 6.85 Å². The highest BCUT2D eigenvalue weighted by Gasteiger charge is 2.44. The lowest BCUT2D eigenvalue weighted by atomic mass is 9.44. The van der Waals surface area contributed by atoms with Gasteiger partial charge in [0.2, 0.25) is 0 Å². The van der Waals surface area contributed by atoms with Crippen molar-refractivity contribution in [1.82, 2.24) is 4.48 Å². The van der Waals surface area contributed by atoms with Crippen molar-refractivity contribution >= 4 is 106 Å². The topological polar surface area (TPSA) is 47.3 Å². The molecule has 62 heavy (non-hydrogen) atoms. The van der Waals surface area contributed by atoms with Crippen molar-refractivity contribution in [2.45, 2.75) is 6.92 Å². The van der Waals surface area contributed by atoms with E-state index in [1.165, 1.54) is 76.8 Å². The minimum atomic E-state index is -0.149. The van der Waals surface area contributed by atoms with E-state index in [0.29, 0.717) is 0 Å². The van der Waals surface area contributed by atoms with Gasteiger partial charge in [-0.05, 0) is 133 Å². The van der Waals surface area contributed by atoms with E-state index < -0.39 is 0 Å². The first-order valence-corrected chi connectivity index (χ1v) is 21.4. The van der Waals surface area contributed by atoms with Gasteiger partial charge in [-0.25, -0.2) is 0 Å².